The third-order valence-electron chi connectivity index (χ3n) is 4.37. The van der Waals surface area contributed by atoms with E-state index in [9.17, 15) is 4.79 Å². The highest BCUT2D eigenvalue weighted by molar-refractivity contribution is 6.30. The maximum Gasteiger partial charge on any atom is 0.225 e. The van der Waals surface area contributed by atoms with Crippen LogP contribution in [0.4, 0.5) is 0 Å². The Morgan fingerprint density at radius 3 is 2.96 bits per heavy atom. The van der Waals surface area contributed by atoms with Gasteiger partial charge < -0.3 is 15.0 Å². The van der Waals surface area contributed by atoms with E-state index in [0.29, 0.717) is 23.5 Å². The van der Waals surface area contributed by atoms with Crippen LogP contribution in [-0.4, -0.2) is 48.1 Å². The summed E-state index contributed by atoms with van der Waals surface area (Å²) in [5.41, 5.74) is 0.954. The monoisotopic (exact) mass is 365 g/mol. The molecule has 1 aliphatic rings. The van der Waals surface area contributed by atoms with Crippen molar-refractivity contribution in [3.8, 4) is 5.75 Å². The lowest BCUT2D eigenvalue weighted by atomic mass is 10.2. The molecule has 2 rings (SSSR count). The van der Waals surface area contributed by atoms with E-state index in [4.69, 9.17) is 16.3 Å². The molecule has 1 saturated heterocycles. The molecule has 138 valence electrons. The molecular weight excluding hydrogens is 338 g/mol. The maximum atomic E-state index is 12.1. The first-order chi connectivity index (χ1) is 11.9. The topological polar surface area (TPSA) is 54.5 Å². The number of pyridine rings is 1. The fourth-order valence-electron chi connectivity index (χ4n) is 2.71. The number of ether oxygens (including phenoxy) is 1. The number of amides is 1. The Balaban J connectivity index is 1.98. The average molecular weight is 366 g/mol. The van der Waals surface area contributed by atoms with Crippen LogP contribution in [0.2, 0.25) is 5.15 Å². The highest BCUT2D eigenvalue weighted by Gasteiger charge is 2.29. The van der Waals surface area contributed by atoms with E-state index in [1.165, 1.54) is 0 Å². The number of nitrogens with zero attached hydrogens (tertiary/aromatic N) is 2. The van der Waals surface area contributed by atoms with Gasteiger partial charge in [-0.2, -0.15) is 0 Å². The standard InChI is InChI=1S/C19H28ClN3O2/c1-13(2)19(24)23-9-8-16(12-23)25-17-10-15(11-22-18(17)20)7-5-6-14(3)21-4/h5,7,10-11,13-14,16,21H,6,8-9,12H2,1-4H3/b7-5+/t14-,16+/m0/s1. The molecule has 0 saturated carbocycles. The van der Waals surface area contributed by atoms with Crippen LogP contribution in [0.1, 0.15) is 39.2 Å². The molecule has 5 nitrogen and oxygen atoms in total. The molecule has 2 atom stereocenters. The van der Waals surface area contributed by atoms with Crippen LogP contribution >= 0.6 is 11.6 Å². The van der Waals surface area contributed by atoms with Gasteiger partial charge in [0.2, 0.25) is 5.91 Å². The predicted molar refractivity (Wildman–Crippen MR) is 102 cm³/mol. The van der Waals surface area contributed by atoms with E-state index in [0.717, 1.165) is 24.9 Å². The lowest BCUT2D eigenvalue weighted by Crippen LogP contribution is -2.33. The summed E-state index contributed by atoms with van der Waals surface area (Å²) in [6.45, 7) is 7.30. The van der Waals surface area contributed by atoms with Crippen LogP contribution in [0.15, 0.2) is 18.3 Å². The van der Waals surface area contributed by atoms with Gasteiger partial charge in [-0.25, -0.2) is 4.98 Å². The van der Waals surface area contributed by atoms with Crippen LogP contribution in [-0.2, 0) is 4.79 Å². The number of hydrogen-bond donors (Lipinski definition) is 1. The minimum Gasteiger partial charge on any atom is -0.485 e. The Labute approximate surface area is 155 Å². The first kappa shape index (κ1) is 19.7. The van der Waals surface area contributed by atoms with Gasteiger partial charge in [0, 0.05) is 31.1 Å². The van der Waals surface area contributed by atoms with Gasteiger partial charge in [0.25, 0.3) is 0 Å². The number of carbonyl (C=O) groups excluding carboxylic acids is 1. The number of carbonyl (C=O) groups is 1. The van der Waals surface area contributed by atoms with Crippen molar-refractivity contribution < 1.29 is 9.53 Å². The fraction of sp³-hybridized carbons (Fsp3) is 0.579. The van der Waals surface area contributed by atoms with Gasteiger partial charge in [0.15, 0.2) is 10.9 Å². The highest BCUT2D eigenvalue weighted by atomic mass is 35.5. The summed E-state index contributed by atoms with van der Waals surface area (Å²) in [4.78, 5) is 18.2. The van der Waals surface area contributed by atoms with Gasteiger partial charge in [-0.15, -0.1) is 0 Å². The molecule has 1 aromatic rings. The Morgan fingerprint density at radius 1 is 1.52 bits per heavy atom. The smallest absolute Gasteiger partial charge is 0.225 e. The summed E-state index contributed by atoms with van der Waals surface area (Å²) in [6.07, 6.45) is 7.57. The first-order valence-corrected chi connectivity index (χ1v) is 9.23. The summed E-state index contributed by atoms with van der Waals surface area (Å²) < 4.78 is 6.02. The zero-order valence-electron chi connectivity index (χ0n) is 15.5. The minimum absolute atomic E-state index is 0.0115. The second-order valence-electron chi connectivity index (χ2n) is 6.85. The molecule has 0 aliphatic carbocycles. The predicted octanol–water partition coefficient (Wildman–Crippen LogP) is 3.38. The van der Waals surface area contributed by atoms with Crippen LogP contribution in [0.5, 0.6) is 5.75 Å². The second-order valence-corrected chi connectivity index (χ2v) is 7.21. The van der Waals surface area contributed by atoms with Gasteiger partial charge in [0.1, 0.15) is 6.10 Å². The lowest BCUT2D eigenvalue weighted by Gasteiger charge is -2.19. The molecule has 0 bridgehead atoms. The second kappa shape index (κ2) is 9.20. The van der Waals surface area contributed by atoms with Gasteiger partial charge in [-0.1, -0.05) is 37.6 Å². The molecule has 0 unspecified atom stereocenters. The zero-order chi connectivity index (χ0) is 18.4. The fourth-order valence-corrected chi connectivity index (χ4v) is 2.86. The van der Waals surface area contributed by atoms with Crippen molar-refractivity contribution in [3.63, 3.8) is 0 Å². The van der Waals surface area contributed by atoms with Crippen molar-refractivity contribution in [2.75, 3.05) is 20.1 Å². The molecule has 1 N–H and O–H groups in total. The summed E-state index contributed by atoms with van der Waals surface area (Å²) in [5.74, 6) is 0.762. The van der Waals surface area contributed by atoms with Crippen molar-refractivity contribution >= 4 is 23.6 Å². The van der Waals surface area contributed by atoms with E-state index >= 15 is 0 Å². The largest absolute Gasteiger partial charge is 0.485 e. The van der Waals surface area contributed by atoms with E-state index < -0.39 is 0 Å². The SMILES string of the molecule is CN[C@@H](C)C/C=C/c1cnc(Cl)c(O[C@@H]2CCN(C(=O)C(C)C)C2)c1. The lowest BCUT2D eigenvalue weighted by molar-refractivity contribution is -0.133. The van der Waals surface area contributed by atoms with Crippen LogP contribution in [0, 0.1) is 5.92 Å². The zero-order valence-corrected chi connectivity index (χ0v) is 16.2. The molecule has 1 fully saturated rings. The van der Waals surface area contributed by atoms with E-state index in [1.54, 1.807) is 6.20 Å². The molecule has 2 heterocycles. The number of rotatable bonds is 7. The number of nitrogens with one attached hydrogen (secondary N) is 1. The molecule has 0 radical (unpaired) electrons. The number of hydrogen-bond acceptors (Lipinski definition) is 4. The summed E-state index contributed by atoms with van der Waals surface area (Å²) >= 11 is 6.18. The van der Waals surface area contributed by atoms with Crippen LogP contribution < -0.4 is 10.1 Å². The summed E-state index contributed by atoms with van der Waals surface area (Å²) in [7, 11) is 1.95. The van der Waals surface area contributed by atoms with Gasteiger partial charge in [-0.3, -0.25) is 4.79 Å². The van der Waals surface area contributed by atoms with Crippen LogP contribution in [0.3, 0.4) is 0 Å². The third kappa shape index (κ3) is 5.72. The Morgan fingerprint density at radius 2 is 2.28 bits per heavy atom. The Bertz CT molecular complexity index is 619. The van der Waals surface area contributed by atoms with Crippen molar-refractivity contribution in [3.05, 3.63) is 29.1 Å². The number of halogens is 1. The quantitative estimate of drug-likeness (QED) is 0.752. The number of aromatic nitrogens is 1. The van der Waals surface area contributed by atoms with Gasteiger partial charge in [0.05, 0.1) is 6.54 Å². The third-order valence-corrected chi connectivity index (χ3v) is 4.65. The molecule has 0 spiro atoms. The van der Waals surface area contributed by atoms with E-state index in [-0.39, 0.29) is 17.9 Å². The molecular formula is C19H28ClN3O2. The van der Waals surface area contributed by atoms with E-state index in [1.807, 2.05) is 37.9 Å². The minimum atomic E-state index is -0.0365. The molecule has 1 aromatic heterocycles. The molecule has 6 heteroatoms. The normalized spacial score (nSPS) is 19.0. The summed E-state index contributed by atoms with van der Waals surface area (Å²) in [6, 6.07) is 2.33. The summed E-state index contributed by atoms with van der Waals surface area (Å²) in [5, 5.41) is 3.55. The van der Waals surface area contributed by atoms with Crippen molar-refractivity contribution in [2.45, 2.75) is 45.8 Å². The van der Waals surface area contributed by atoms with Gasteiger partial charge >= 0.3 is 0 Å². The van der Waals surface area contributed by atoms with Crippen molar-refractivity contribution in [1.82, 2.24) is 15.2 Å². The highest BCUT2D eigenvalue weighted by Crippen LogP contribution is 2.27. The van der Waals surface area contributed by atoms with Crippen molar-refractivity contribution in [2.24, 2.45) is 5.92 Å². The maximum absolute atomic E-state index is 12.1. The Hall–Kier alpha value is -1.59. The average Bonchev–Trinajstić information content (AvgIpc) is 3.05. The first-order valence-electron chi connectivity index (χ1n) is 8.85. The Kier molecular flexibility index (Phi) is 7.26. The molecule has 0 aromatic carbocycles. The molecule has 25 heavy (non-hydrogen) atoms. The van der Waals surface area contributed by atoms with Crippen molar-refractivity contribution in [1.29, 1.82) is 0 Å². The van der Waals surface area contributed by atoms with Gasteiger partial charge in [-0.05, 0) is 32.0 Å². The molecule has 1 aliphatic heterocycles. The number of likely N-dealkylation sites (tertiary alicyclic amines) is 1. The van der Waals surface area contributed by atoms with Crippen LogP contribution in [0.25, 0.3) is 6.08 Å². The molecule has 1 amide bonds. The van der Waals surface area contributed by atoms with E-state index in [2.05, 4.69) is 23.3 Å².